The Balaban J connectivity index is 1.60. The number of aliphatic hydroxyl groups excluding tert-OH is 1. The van der Waals surface area contributed by atoms with Crippen molar-refractivity contribution < 1.29 is 19.4 Å². The maximum absolute atomic E-state index is 12.6. The molecule has 5 heteroatoms. The number of ether oxygens (including phenoxy) is 2. The Kier molecular flexibility index (Phi) is 5.56. The van der Waals surface area contributed by atoms with E-state index in [1.807, 2.05) is 48.5 Å². The normalized spacial score (nSPS) is 16.2. The number of fused-ring (bicyclic) bond motifs is 1. The lowest BCUT2D eigenvalue weighted by atomic mass is 9.98. The van der Waals surface area contributed by atoms with Gasteiger partial charge in [-0.1, -0.05) is 24.3 Å². The molecule has 132 valence electrons. The highest BCUT2D eigenvalue weighted by Gasteiger charge is 2.27. The Morgan fingerprint density at radius 1 is 1.20 bits per heavy atom. The predicted molar refractivity (Wildman–Crippen MR) is 96.1 cm³/mol. The number of para-hydroxylation sites is 1. The smallest absolute Gasteiger partial charge is 0.227 e. The van der Waals surface area contributed by atoms with E-state index in [1.54, 1.807) is 12.0 Å². The lowest BCUT2D eigenvalue weighted by Crippen LogP contribution is -2.36. The zero-order valence-electron chi connectivity index (χ0n) is 14.4. The predicted octanol–water partition coefficient (Wildman–Crippen LogP) is 3.32. The number of methoxy groups -OCH3 is 1. The van der Waals surface area contributed by atoms with Crippen molar-refractivity contribution in [3.63, 3.8) is 0 Å². The van der Waals surface area contributed by atoms with Crippen molar-refractivity contribution in [2.24, 2.45) is 0 Å². The molecule has 0 spiro atoms. The minimum Gasteiger partial charge on any atom is -0.497 e. The summed E-state index contributed by atoms with van der Waals surface area (Å²) in [5.41, 5.74) is 1.52. The van der Waals surface area contributed by atoms with Gasteiger partial charge in [-0.3, -0.25) is 4.79 Å². The average Bonchev–Trinajstić information content (AvgIpc) is 2.66. The summed E-state index contributed by atoms with van der Waals surface area (Å²) in [5.74, 6) is 1.53. The molecule has 25 heavy (non-hydrogen) atoms. The summed E-state index contributed by atoms with van der Waals surface area (Å²) >= 11 is 0. The number of amides is 1. The molecule has 1 heterocycles. The molecule has 0 aromatic heterocycles. The van der Waals surface area contributed by atoms with E-state index in [9.17, 15) is 9.90 Å². The van der Waals surface area contributed by atoms with Crippen molar-refractivity contribution in [3.05, 3.63) is 54.1 Å². The van der Waals surface area contributed by atoms with Crippen molar-refractivity contribution in [1.82, 2.24) is 0 Å². The van der Waals surface area contributed by atoms with Gasteiger partial charge in [-0.05, 0) is 31.0 Å². The summed E-state index contributed by atoms with van der Waals surface area (Å²) in [7, 11) is 1.59. The Labute approximate surface area is 147 Å². The molecule has 1 aliphatic rings. The third kappa shape index (κ3) is 4.12. The summed E-state index contributed by atoms with van der Waals surface area (Å²) in [6.07, 6.45) is 1.06. The molecule has 0 radical (unpaired) electrons. The molecule has 0 saturated carbocycles. The van der Waals surface area contributed by atoms with Gasteiger partial charge in [-0.25, -0.2) is 0 Å². The first-order chi connectivity index (χ1) is 12.2. The lowest BCUT2D eigenvalue weighted by Gasteiger charge is -2.32. The molecule has 1 unspecified atom stereocenters. The van der Waals surface area contributed by atoms with Crippen molar-refractivity contribution >= 4 is 11.6 Å². The minimum atomic E-state index is -0.536. The zero-order valence-corrected chi connectivity index (χ0v) is 14.4. The molecule has 5 nitrogen and oxygen atoms in total. The molecular formula is C20H23NO4. The molecule has 2 aromatic rings. The van der Waals surface area contributed by atoms with Gasteiger partial charge in [0.05, 0.1) is 25.5 Å². The van der Waals surface area contributed by atoms with Gasteiger partial charge >= 0.3 is 0 Å². The first-order valence-electron chi connectivity index (χ1n) is 8.53. The van der Waals surface area contributed by atoms with Crippen LogP contribution in [0.15, 0.2) is 48.5 Å². The summed E-state index contributed by atoms with van der Waals surface area (Å²) < 4.78 is 10.9. The second kappa shape index (κ2) is 8.03. The van der Waals surface area contributed by atoms with E-state index in [4.69, 9.17) is 9.47 Å². The topological polar surface area (TPSA) is 59.0 Å². The zero-order chi connectivity index (χ0) is 17.6. The summed E-state index contributed by atoms with van der Waals surface area (Å²) in [6, 6.07) is 15.0. The van der Waals surface area contributed by atoms with Crippen LogP contribution in [0.25, 0.3) is 0 Å². The van der Waals surface area contributed by atoms with Gasteiger partial charge in [0.2, 0.25) is 5.91 Å². The Morgan fingerprint density at radius 2 is 2.00 bits per heavy atom. The number of nitrogens with zero attached hydrogens (tertiary/aromatic N) is 1. The van der Waals surface area contributed by atoms with E-state index in [0.29, 0.717) is 38.2 Å². The Morgan fingerprint density at radius 3 is 2.76 bits per heavy atom. The van der Waals surface area contributed by atoms with E-state index in [-0.39, 0.29) is 5.91 Å². The SMILES string of the molecule is COc1ccc2c(c1)N(C(=O)CCCOc1ccccc1)CCC2O. The van der Waals surface area contributed by atoms with E-state index in [0.717, 1.165) is 17.0 Å². The molecule has 0 aliphatic carbocycles. The van der Waals surface area contributed by atoms with Gasteiger partial charge < -0.3 is 19.5 Å². The highest BCUT2D eigenvalue weighted by Crippen LogP contribution is 2.36. The summed E-state index contributed by atoms with van der Waals surface area (Å²) in [5, 5.41) is 10.2. The van der Waals surface area contributed by atoms with Gasteiger partial charge in [0.15, 0.2) is 0 Å². The number of carbonyl (C=O) groups excluding carboxylic acids is 1. The second-order valence-corrected chi connectivity index (χ2v) is 6.04. The van der Waals surface area contributed by atoms with Crippen LogP contribution < -0.4 is 14.4 Å². The quantitative estimate of drug-likeness (QED) is 0.819. The van der Waals surface area contributed by atoms with Crippen LogP contribution in [0.2, 0.25) is 0 Å². The maximum Gasteiger partial charge on any atom is 0.227 e. The number of rotatable bonds is 6. The Bertz CT molecular complexity index is 717. The third-order valence-corrected chi connectivity index (χ3v) is 4.36. The second-order valence-electron chi connectivity index (χ2n) is 6.04. The molecule has 2 aromatic carbocycles. The van der Waals surface area contributed by atoms with Crippen molar-refractivity contribution in [2.45, 2.75) is 25.4 Å². The van der Waals surface area contributed by atoms with E-state index in [1.165, 1.54) is 0 Å². The third-order valence-electron chi connectivity index (χ3n) is 4.36. The number of anilines is 1. The fourth-order valence-corrected chi connectivity index (χ4v) is 3.02. The van der Waals surface area contributed by atoms with Gasteiger partial charge in [-0.15, -0.1) is 0 Å². The highest BCUT2D eigenvalue weighted by molar-refractivity contribution is 5.95. The maximum atomic E-state index is 12.6. The highest BCUT2D eigenvalue weighted by atomic mass is 16.5. The fraction of sp³-hybridized carbons (Fsp3) is 0.350. The van der Waals surface area contributed by atoms with Crippen molar-refractivity contribution in [1.29, 1.82) is 0 Å². The van der Waals surface area contributed by atoms with Crippen LogP contribution in [0.1, 0.15) is 30.9 Å². The molecular weight excluding hydrogens is 318 g/mol. The van der Waals surface area contributed by atoms with Gasteiger partial charge in [0.1, 0.15) is 11.5 Å². The molecule has 1 amide bonds. The van der Waals surface area contributed by atoms with Gasteiger partial charge in [0, 0.05) is 24.6 Å². The van der Waals surface area contributed by atoms with Crippen molar-refractivity contribution in [2.75, 3.05) is 25.2 Å². The number of aliphatic hydroxyl groups is 1. The molecule has 3 rings (SSSR count). The van der Waals surface area contributed by atoms with Crippen LogP contribution in [0.4, 0.5) is 5.69 Å². The number of hydrogen-bond acceptors (Lipinski definition) is 4. The molecule has 1 N–H and O–H groups in total. The van der Waals surface area contributed by atoms with Gasteiger partial charge in [0.25, 0.3) is 0 Å². The van der Waals surface area contributed by atoms with Crippen LogP contribution in [-0.2, 0) is 4.79 Å². The molecule has 0 fully saturated rings. The van der Waals surface area contributed by atoms with Crippen LogP contribution in [0.3, 0.4) is 0 Å². The first kappa shape index (κ1) is 17.3. The van der Waals surface area contributed by atoms with Crippen LogP contribution in [0, 0.1) is 0 Å². The lowest BCUT2D eigenvalue weighted by molar-refractivity contribution is -0.119. The molecule has 1 atom stereocenters. The first-order valence-corrected chi connectivity index (χ1v) is 8.53. The summed E-state index contributed by atoms with van der Waals surface area (Å²) in [4.78, 5) is 14.4. The Hall–Kier alpha value is -2.53. The number of hydrogen-bond donors (Lipinski definition) is 1. The number of carbonyl (C=O) groups is 1. The van der Waals surface area contributed by atoms with Crippen LogP contribution >= 0.6 is 0 Å². The van der Waals surface area contributed by atoms with E-state index >= 15 is 0 Å². The molecule has 0 bridgehead atoms. The minimum absolute atomic E-state index is 0.0399. The largest absolute Gasteiger partial charge is 0.497 e. The fourth-order valence-electron chi connectivity index (χ4n) is 3.02. The molecule has 0 saturated heterocycles. The summed E-state index contributed by atoms with van der Waals surface area (Å²) in [6.45, 7) is 1.01. The van der Waals surface area contributed by atoms with Crippen molar-refractivity contribution in [3.8, 4) is 11.5 Å². The average molecular weight is 341 g/mol. The van der Waals surface area contributed by atoms with Crippen LogP contribution in [0.5, 0.6) is 11.5 Å². The molecule has 1 aliphatic heterocycles. The van der Waals surface area contributed by atoms with Crippen LogP contribution in [-0.4, -0.2) is 31.3 Å². The van der Waals surface area contributed by atoms with Gasteiger partial charge in [-0.2, -0.15) is 0 Å². The number of benzene rings is 2. The standard InChI is InChI=1S/C20H23NO4/c1-24-16-9-10-17-18(14-16)21(12-11-19(17)22)20(23)8-5-13-25-15-6-3-2-4-7-15/h2-4,6-7,9-10,14,19,22H,5,8,11-13H2,1H3. The van der Waals surface area contributed by atoms with E-state index in [2.05, 4.69) is 0 Å². The monoisotopic (exact) mass is 341 g/mol. The van der Waals surface area contributed by atoms with E-state index < -0.39 is 6.10 Å².